The summed E-state index contributed by atoms with van der Waals surface area (Å²) in [4.78, 5) is 34.9. The highest BCUT2D eigenvalue weighted by atomic mass is 16.6. The van der Waals surface area contributed by atoms with Gasteiger partial charge in [0.2, 0.25) is 5.89 Å². The molecule has 0 radical (unpaired) electrons. The zero-order chi connectivity index (χ0) is 39.3. The van der Waals surface area contributed by atoms with E-state index in [1.165, 1.54) is 12.5 Å². The smallest absolute Gasteiger partial charge is 0.360 e. The lowest BCUT2D eigenvalue weighted by atomic mass is 9.79. The highest BCUT2D eigenvalue weighted by molar-refractivity contribution is 5.87. The molecule has 0 unspecified atom stereocenters. The van der Waals surface area contributed by atoms with Crippen LogP contribution in [0.25, 0.3) is 6.08 Å². The standard InChI is InChI=1S/C42H52N2O10/c1-7-17-33(46)41(3,4)35-22-13-11-9-10-12-19-28(45)25-38-44-30(27-51-38)40(49)54-36(42(5,6)34(47)18-8-2)23-16-21-32-31(52-32)20-14-15-24-37-43-29(26-50-37)39(48)53-35/h7-21,24,26-28,31-36,45-47H,22-23,25H2,1-6H3/b10-9-,13-11-,17-7+,18-8+,19-12+,20-14+,21-16-,24-15-/t28-,31+,32-,33-,34-,35+,36-/m0/s1. The van der Waals surface area contributed by atoms with Crippen molar-refractivity contribution in [1.82, 2.24) is 9.97 Å². The highest BCUT2D eigenvalue weighted by Gasteiger charge is 2.40. The largest absolute Gasteiger partial charge is 0.457 e. The molecule has 2 aliphatic heterocycles. The first-order valence-corrected chi connectivity index (χ1v) is 18.0. The summed E-state index contributed by atoms with van der Waals surface area (Å²) in [6, 6.07) is 0. The summed E-state index contributed by atoms with van der Waals surface area (Å²) < 4.78 is 28.5. The highest BCUT2D eigenvalue weighted by Crippen LogP contribution is 2.34. The molecule has 0 spiro atoms. The van der Waals surface area contributed by atoms with Gasteiger partial charge in [-0.2, -0.15) is 0 Å². The van der Waals surface area contributed by atoms with Crippen LogP contribution in [0, 0.1) is 10.8 Å². The number of carbonyl (C=O) groups is 2. The molecule has 54 heavy (non-hydrogen) atoms. The van der Waals surface area contributed by atoms with Gasteiger partial charge in [-0.25, -0.2) is 19.6 Å². The number of allylic oxidation sites excluding steroid dienone is 8. The third-order valence-electron chi connectivity index (χ3n) is 9.35. The number of hydrogen-bond donors (Lipinski definition) is 3. The Balaban J connectivity index is 1.56. The molecule has 0 saturated carbocycles. The molecule has 2 aromatic heterocycles. The lowest BCUT2D eigenvalue weighted by Crippen LogP contribution is -2.42. The maximum atomic E-state index is 13.2. The number of aliphatic hydroxyl groups excluding tert-OH is 3. The Morgan fingerprint density at radius 1 is 0.722 bits per heavy atom. The molecule has 7 atom stereocenters. The second kappa shape index (κ2) is 19.4. The number of ether oxygens (including phenoxy) is 3. The van der Waals surface area contributed by atoms with Crippen LogP contribution in [0.1, 0.15) is 87.1 Å². The maximum Gasteiger partial charge on any atom is 0.360 e. The van der Waals surface area contributed by atoms with Crippen LogP contribution in [0.4, 0.5) is 0 Å². The average molecular weight is 745 g/mol. The molecule has 0 aromatic carbocycles. The maximum absolute atomic E-state index is 13.2. The van der Waals surface area contributed by atoms with Crippen molar-refractivity contribution in [1.29, 1.82) is 0 Å². The molecule has 2 aromatic rings. The van der Waals surface area contributed by atoms with Crippen molar-refractivity contribution in [2.75, 3.05) is 0 Å². The molecule has 12 nitrogen and oxygen atoms in total. The van der Waals surface area contributed by atoms with Crippen molar-refractivity contribution in [3.63, 3.8) is 0 Å². The molecule has 290 valence electrons. The summed E-state index contributed by atoms with van der Waals surface area (Å²) in [6.07, 6.45) is 26.2. The van der Waals surface area contributed by atoms with E-state index >= 15 is 0 Å². The third-order valence-corrected chi connectivity index (χ3v) is 9.35. The van der Waals surface area contributed by atoms with E-state index in [0.29, 0.717) is 12.8 Å². The minimum absolute atomic E-state index is 0.00530. The monoisotopic (exact) mass is 744 g/mol. The van der Waals surface area contributed by atoms with E-state index in [1.54, 1.807) is 86.8 Å². The van der Waals surface area contributed by atoms with Crippen molar-refractivity contribution in [2.24, 2.45) is 10.8 Å². The van der Waals surface area contributed by atoms with E-state index in [9.17, 15) is 24.9 Å². The fourth-order valence-electron chi connectivity index (χ4n) is 5.53. The van der Waals surface area contributed by atoms with Crippen molar-refractivity contribution in [3.05, 3.63) is 127 Å². The number of esters is 2. The topological polar surface area (TPSA) is 178 Å². The van der Waals surface area contributed by atoms with E-state index in [1.807, 2.05) is 52.0 Å². The number of oxazole rings is 2. The summed E-state index contributed by atoms with van der Waals surface area (Å²) in [6.45, 7) is 10.9. The molecule has 1 fully saturated rings. The van der Waals surface area contributed by atoms with Gasteiger partial charge in [-0.1, -0.05) is 119 Å². The Bertz CT molecular complexity index is 1790. The fraction of sp³-hybridized carbons (Fsp3) is 0.429. The Hall–Kier alpha value is -4.88. The number of hydrogen-bond acceptors (Lipinski definition) is 12. The normalized spacial score (nSPS) is 28.6. The van der Waals surface area contributed by atoms with Gasteiger partial charge < -0.3 is 38.4 Å². The van der Waals surface area contributed by atoms with Crippen LogP contribution in [0.15, 0.2) is 113 Å². The quantitative estimate of drug-likeness (QED) is 0.164. The van der Waals surface area contributed by atoms with Crippen LogP contribution in [0.5, 0.6) is 0 Å². The van der Waals surface area contributed by atoms with Crippen LogP contribution >= 0.6 is 0 Å². The SMILES string of the molecule is C/C=C/[C@H](O)C(C)(C)[C@@H]1C/C=C\[C@@H]2O[C@@H]2/C=C/C=C\c2nc(co2)C(=O)O[C@@H](C(C)(C)[C@@H](O)/C=C/C)C\C=C/C=C\C=C\[C@H](O)Cc2nc(co2)C(=O)O1. The summed E-state index contributed by atoms with van der Waals surface area (Å²) in [5, 5.41) is 32.3. The molecule has 0 aliphatic carbocycles. The Morgan fingerprint density at radius 2 is 1.28 bits per heavy atom. The number of aromatic nitrogens is 2. The molecule has 1 saturated heterocycles. The van der Waals surface area contributed by atoms with Crippen LogP contribution in [-0.4, -0.2) is 80.0 Å². The number of epoxide rings is 1. The van der Waals surface area contributed by atoms with E-state index < -0.39 is 53.3 Å². The average Bonchev–Trinajstić information content (AvgIpc) is 3.45. The number of cyclic esters (lactones) is 2. The number of rotatable bonds is 6. The van der Waals surface area contributed by atoms with Gasteiger partial charge in [0.05, 0.1) is 24.7 Å². The molecule has 4 rings (SSSR count). The van der Waals surface area contributed by atoms with Crippen LogP contribution < -0.4 is 0 Å². The number of carbonyl (C=O) groups excluding carboxylic acids is 2. The molecule has 0 amide bonds. The Labute approximate surface area is 316 Å². The molecular formula is C42H52N2O10. The van der Waals surface area contributed by atoms with Crippen LogP contribution in [-0.2, 0) is 20.6 Å². The van der Waals surface area contributed by atoms with Gasteiger partial charge in [-0.3, -0.25) is 0 Å². The van der Waals surface area contributed by atoms with Gasteiger partial charge in [0.25, 0.3) is 0 Å². The number of fused-ring (bicyclic) bond motifs is 5. The summed E-state index contributed by atoms with van der Waals surface area (Å²) in [5.41, 5.74) is -1.77. The van der Waals surface area contributed by atoms with E-state index in [2.05, 4.69) is 9.97 Å². The van der Waals surface area contributed by atoms with Gasteiger partial charge in [0.1, 0.15) is 36.9 Å². The molecule has 3 N–H and O–H groups in total. The van der Waals surface area contributed by atoms with Crippen molar-refractivity contribution in [3.8, 4) is 0 Å². The predicted molar refractivity (Wildman–Crippen MR) is 203 cm³/mol. The summed E-state index contributed by atoms with van der Waals surface area (Å²) >= 11 is 0. The van der Waals surface area contributed by atoms with Gasteiger partial charge >= 0.3 is 11.9 Å². The first-order valence-electron chi connectivity index (χ1n) is 18.0. The zero-order valence-electron chi connectivity index (χ0n) is 31.6. The Kier molecular flexibility index (Phi) is 15.1. The first kappa shape index (κ1) is 41.9. The Morgan fingerprint density at radius 3 is 1.93 bits per heavy atom. The van der Waals surface area contributed by atoms with Crippen LogP contribution in [0.2, 0.25) is 0 Å². The second-order valence-corrected chi connectivity index (χ2v) is 14.2. The van der Waals surface area contributed by atoms with Gasteiger partial charge in [0, 0.05) is 29.7 Å². The van der Waals surface area contributed by atoms with Crippen LogP contribution in [0.3, 0.4) is 0 Å². The lowest BCUT2D eigenvalue weighted by Gasteiger charge is -2.36. The number of nitrogens with zero attached hydrogens (tertiary/aromatic N) is 2. The zero-order valence-corrected chi connectivity index (χ0v) is 31.6. The molecule has 2 aliphatic rings. The van der Waals surface area contributed by atoms with Crippen molar-refractivity contribution in [2.45, 2.75) is 104 Å². The van der Waals surface area contributed by atoms with Crippen molar-refractivity contribution < 1.29 is 48.0 Å². The van der Waals surface area contributed by atoms with Gasteiger partial charge in [0.15, 0.2) is 17.3 Å². The number of aliphatic hydroxyl groups is 3. The molecule has 4 bridgehead atoms. The minimum atomic E-state index is -0.956. The first-order chi connectivity index (χ1) is 25.8. The summed E-state index contributed by atoms with van der Waals surface area (Å²) in [5.74, 6) is -1.04. The fourth-order valence-corrected chi connectivity index (χ4v) is 5.53. The van der Waals surface area contributed by atoms with Gasteiger partial charge in [-0.05, 0) is 13.8 Å². The minimum Gasteiger partial charge on any atom is -0.457 e. The molecule has 4 heterocycles. The van der Waals surface area contributed by atoms with Gasteiger partial charge in [-0.15, -0.1) is 0 Å². The van der Waals surface area contributed by atoms with E-state index in [4.69, 9.17) is 23.0 Å². The lowest BCUT2D eigenvalue weighted by molar-refractivity contribution is -0.0461. The summed E-state index contributed by atoms with van der Waals surface area (Å²) in [7, 11) is 0. The van der Waals surface area contributed by atoms with E-state index in [-0.39, 0.29) is 41.8 Å². The van der Waals surface area contributed by atoms with Crippen molar-refractivity contribution >= 4 is 18.0 Å². The second-order valence-electron chi connectivity index (χ2n) is 14.2. The predicted octanol–water partition coefficient (Wildman–Crippen LogP) is 6.60. The van der Waals surface area contributed by atoms with E-state index in [0.717, 1.165) is 0 Å². The molecular weight excluding hydrogens is 692 g/mol. The third kappa shape index (κ3) is 11.8. The molecule has 12 heteroatoms.